The molecule has 3 nitrogen and oxygen atoms in total. The van der Waals surface area contributed by atoms with Crippen molar-refractivity contribution in [3.05, 3.63) is 11.5 Å². The Morgan fingerprint density at radius 1 is 1.06 bits per heavy atom. The first-order valence-electron chi connectivity index (χ1n) is 7.42. The van der Waals surface area contributed by atoms with Crippen molar-refractivity contribution in [1.82, 2.24) is 9.55 Å². The van der Waals surface area contributed by atoms with Crippen LogP contribution in [0.2, 0.25) is 0 Å². The summed E-state index contributed by atoms with van der Waals surface area (Å²) in [5.74, 6) is 6.67. The normalized spacial score (nSPS) is 41.6. The van der Waals surface area contributed by atoms with Crippen LogP contribution >= 0.6 is 0 Å². The standard InChI is InChI=1S/C15H23N3/c1-8-14(16)18(2)15(17-8)13-11-4-9-3-10(6-11)7-12(13)5-9/h9-13H,3-7,16H2,1-2H3. The molecule has 4 saturated carbocycles. The van der Waals surface area contributed by atoms with Crippen molar-refractivity contribution in [3.8, 4) is 0 Å². The summed E-state index contributed by atoms with van der Waals surface area (Å²) in [6, 6.07) is 0. The van der Waals surface area contributed by atoms with Crippen LogP contribution in [0.15, 0.2) is 0 Å². The van der Waals surface area contributed by atoms with Gasteiger partial charge in [0.25, 0.3) is 0 Å². The summed E-state index contributed by atoms with van der Waals surface area (Å²) in [4.78, 5) is 4.79. The number of nitrogen functional groups attached to an aromatic ring is 1. The molecule has 0 unspecified atom stereocenters. The first-order chi connectivity index (χ1) is 8.63. The van der Waals surface area contributed by atoms with Crippen molar-refractivity contribution in [2.75, 3.05) is 5.73 Å². The third-order valence-electron chi connectivity index (χ3n) is 5.88. The Bertz CT molecular complexity index is 460. The Balaban J connectivity index is 1.74. The molecule has 1 aromatic heterocycles. The lowest BCUT2D eigenvalue weighted by atomic mass is 9.51. The maximum Gasteiger partial charge on any atom is 0.126 e. The van der Waals surface area contributed by atoms with Gasteiger partial charge in [-0.25, -0.2) is 4.98 Å². The summed E-state index contributed by atoms with van der Waals surface area (Å²) < 4.78 is 2.16. The maximum atomic E-state index is 6.10. The largest absolute Gasteiger partial charge is 0.384 e. The van der Waals surface area contributed by atoms with Crippen molar-refractivity contribution >= 4 is 5.82 Å². The Morgan fingerprint density at radius 2 is 1.61 bits per heavy atom. The summed E-state index contributed by atoms with van der Waals surface area (Å²) >= 11 is 0. The average Bonchev–Trinajstić information content (AvgIpc) is 2.56. The second kappa shape index (κ2) is 3.52. The van der Waals surface area contributed by atoms with E-state index in [-0.39, 0.29) is 0 Å². The van der Waals surface area contributed by atoms with Gasteiger partial charge < -0.3 is 10.3 Å². The first-order valence-corrected chi connectivity index (χ1v) is 7.42. The summed E-state index contributed by atoms with van der Waals surface area (Å²) in [5, 5.41) is 0. The van der Waals surface area contributed by atoms with E-state index in [1.807, 2.05) is 6.92 Å². The van der Waals surface area contributed by atoms with Gasteiger partial charge in [-0.1, -0.05) is 0 Å². The van der Waals surface area contributed by atoms with E-state index < -0.39 is 0 Å². The molecular formula is C15H23N3. The van der Waals surface area contributed by atoms with Gasteiger partial charge in [-0.15, -0.1) is 0 Å². The minimum absolute atomic E-state index is 0.693. The number of anilines is 1. The Kier molecular flexibility index (Phi) is 2.13. The number of nitrogens with zero attached hydrogens (tertiary/aromatic N) is 2. The zero-order chi connectivity index (χ0) is 12.4. The van der Waals surface area contributed by atoms with Crippen molar-refractivity contribution in [1.29, 1.82) is 0 Å². The van der Waals surface area contributed by atoms with Crippen LogP contribution in [0.3, 0.4) is 0 Å². The van der Waals surface area contributed by atoms with E-state index in [2.05, 4.69) is 11.6 Å². The molecule has 0 spiro atoms. The highest BCUT2D eigenvalue weighted by atomic mass is 15.1. The molecule has 18 heavy (non-hydrogen) atoms. The zero-order valence-corrected chi connectivity index (χ0v) is 11.4. The van der Waals surface area contributed by atoms with Gasteiger partial charge in [0.2, 0.25) is 0 Å². The zero-order valence-electron chi connectivity index (χ0n) is 11.4. The minimum atomic E-state index is 0.693. The third kappa shape index (κ3) is 1.33. The maximum absolute atomic E-state index is 6.10. The van der Waals surface area contributed by atoms with Crippen LogP contribution < -0.4 is 5.73 Å². The second-order valence-corrected chi connectivity index (χ2v) is 6.96. The van der Waals surface area contributed by atoms with Crippen LogP contribution in [0.5, 0.6) is 0 Å². The number of hydrogen-bond donors (Lipinski definition) is 1. The molecule has 3 heteroatoms. The van der Waals surface area contributed by atoms with E-state index in [9.17, 15) is 0 Å². The van der Waals surface area contributed by atoms with E-state index in [4.69, 9.17) is 10.7 Å². The molecule has 4 aliphatic carbocycles. The number of rotatable bonds is 1. The van der Waals surface area contributed by atoms with Crippen molar-refractivity contribution in [3.63, 3.8) is 0 Å². The average molecular weight is 245 g/mol. The van der Waals surface area contributed by atoms with Crippen LogP contribution in [0.1, 0.15) is 49.5 Å². The lowest BCUT2D eigenvalue weighted by Crippen LogP contribution is -2.44. The smallest absolute Gasteiger partial charge is 0.126 e. The highest BCUT2D eigenvalue weighted by molar-refractivity contribution is 5.38. The predicted octanol–water partition coefficient (Wildman–Crippen LogP) is 2.85. The fourth-order valence-corrected chi connectivity index (χ4v) is 5.32. The van der Waals surface area contributed by atoms with Gasteiger partial charge in [-0.05, 0) is 62.7 Å². The molecule has 98 valence electrons. The topological polar surface area (TPSA) is 43.8 Å². The number of aromatic nitrogens is 2. The number of hydrogen-bond acceptors (Lipinski definition) is 2. The monoisotopic (exact) mass is 245 g/mol. The van der Waals surface area contributed by atoms with Gasteiger partial charge in [-0.2, -0.15) is 0 Å². The first kappa shape index (κ1) is 10.9. The van der Waals surface area contributed by atoms with E-state index >= 15 is 0 Å². The molecule has 0 radical (unpaired) electrons. The number of imidazole rings is 1. The van der Waals surface area contributed by atoms with Gasteiger partial charge in [0.05, 0.1) is 5.69 Å². The third-order valence-corrected chi connectivity index (χ3v) is 5.88. The number of nitrogens with two attached hydrogens (primary N) is 1. The van der Waals surface area contributed by atoms with Crippen LogP contribution in [-0.4, -0.2) is 9.55 Å². The Morgan fingerprint density at radius 3 is 2.06 bits per heavy atom. The molecule has 5 rings (SSSR count). The molecule has 0 amide bonds. The Hall–Kier alpha value is -0.990. The van der Waals surface area contributed by atoms with Crippen LogP contribution in [0.4, 0.5) is 5.82 Å². The summed E-state index contributed by atoms with van der Waals surface area (Å²) in [6.45, 7) is 2.04. The highest BCUT2D eigenvalue weighted by Gasteiger charge is 2.49. The molecule has 2 N–H and O–H groups in total. The lowest BCUT2D eigenvalue weighted by molar-refractivity contribution is -0.00644. The summed E-state index contributed by atoms with van der Waals surface area (Å²) in [6.07, 6.45) is 7.31. The van der Waals surface area contributed by atoms with Gasteiger partial charge in [0.1, 0.15) is 11.6 Å². The van der Waals surface area contributed by atoms with Crippen LogP contribution in [0.25, 0.3) is 0 Å². The molecule has 4 aliphatic rings. The molecule has 0 aliphatic heterocycles. The summed E-state index contributed by atoms with van der Waals surface area (Å²) in [7, 11) is 2.09. The van der Waals surface area contributed by atoms with Crippen molar-refractivity contribution in [2.45, 2.75) is 44.9 Å². The highest BCUT2D eigenvalue weighted by Crippen LogP contribution is 2.59. The lowest BCUT2D eigenvalue weighted by Gasteiger charge is -2.54. The van der Waals surface area contributed by atoms with E-state index in [1.165, 1.54) is 37.9 Å². The SMILES string of the molecule is Cc1nc(C2C3CC4CC(C3)CC2C4)n(C)c1N. The molecule has 4 bridgehead atoms. The van der Waals surface area contributed by atoms with Crippen LogP contribution in [0, 0.1) is 30.6 Å². The fourth-order valence-electron chi connectivity index (χ4n) is 5.32. The van der Waals surface area contributed by atoms with Gasteiger partial charge >= 0.3 is 0 Å². The Labute approximate surface area is 109 Å². The molecule has 0 atom stereocenters. The van der Waals surface area contributed by atoms with Crippen LogP contribution in [-0.2, 0) is 7.05 Å². The molecule has 0 aromatic carbocycles. The minimum Gasteiger partial charge on any atom is -0.384 e. The quantitative estimate of drug-likeness (QED) is 0.826. The molecular weight excluding hydrogens is 222 g/mol. The predicted molar refractivity (Wildman–Crippen MR) is 72.1 cm³/mol. The van der Waals surface area contributed by atoms with Gasteiger partial charge in [-0.3, -0.25) is 0 Å². The van der Waals surface area contributed by atoms with Crippen molar-refractivity contribution in [2.24, 2.45) is 30.7 Å². The van der Waals surface area contributed by atoms with Gasteiger partial charge in [0.15, 0.2) is 0 Å². The van der Waals surface area contributed by atoms with Crippen molar-refractivity contribution < 1.29 is 0 Å². The molecule has 1 heterocycles. The fraction of sp³-hybridized carbons (Fsp3) is 0.800. The van der Waals surface area contributed by atoms with E-state index in [0.717, 1.165) is 35.2 Å². The summed E-state index contributed by atoms with van der Waals surface area (Å²) in [5.41, 5.74) is 7.11. The van der Waals surface area contributed by atoms with E-state index in [1.54, 1.807) is 0 Å². The van der Waals surface area contributed by atoms with E-state index in [0.29, 0.717) is 5.92 Å². The van der Waals surface area contributed by atoms with Gasteiger partial charge in [0, 0.05) is 13.0 Å². The molecule has 0 saturated heterocycles. The molecule has 4 fully saturated rings. The number of aryl methyl sites for hydroxylation is 1. The molecule has 1 aromatic rings. The second-order valence-electron chi connectivity index (χ2n) is 6.96.